The number of aromatic nitrogens is 2. The van der Waals surface area contributed by atoms with Crippen molar-refractivity contribution in [2.75, 3.05) is 6.61 Å². The van der Waals surface area contributed by atoms with Crippen molar-refractivity contribution in [3.05, 3.63) is 60.3 Å². The van der Waals surface area contributed by atoms with E-state index in [9.17, 15) is 9.59 Å². The van der Waals surface area contributed by atoms with Gasteiger partial charge in [-0.2, -0.15) is 0 Å². The second kappa shape index (κ2) is 9.16. The first kappa shape index (κ1) is 20.8. The summed E-state index contributed by atoms with van der Waals surface area (Å²) in [5, 5.41) is 3.99. The van der Waals surface area contributed by atoms with E-state index >= 15 is 0 Å². The van der Waals surface area contributed by atoms with E-state index in [1.807, 2.05) is 55.6 Å². The zero-order chi connectivity index (χ0) is 21.8. The van der Waals surface area contributed by atoms with Crippen LogP contribution in [0.25, 0.3) is 28.4 Å². The van der Waals surface area contributed by atoms with E-state index in [2.05, 4.69) is 14.9 Å². The van der Waals surface area contributed by atoms with Crippen molar-refractivity contribution in [3.8, 4) is 11.3 Å². The van der Waals surface area contributed by atoms with Gasteiger partial charge in [-0.15, -0.1) is 0 Å². The smallest absolute Gasteiger partial charge is 0.311 e. The second-order valence-corrected chi connectivity index (χ2v) is 7.80. The molecule has 2 unspecified atom stereocenters. The van der Waals surface area contributed by atoms with Gasteiger partial charge in [0.05, 0.1) is 18.2 Å². The first-order valence-corrected chi connectivity index (χ1v) is 10.7. The Morgan fingerprint density at radius 1 is 1.19 bits per heavy atom. The lowest BCUT2D eigenvalue weighted by Crippen LogP contribution is -2.40. The van der Waals surface area contributed by atoms with E-state index in [-0.39, 0.29) is 23.8 Å². The van der Waals surface area contributed by atoms with Crippen LogP contribution in [-0.4, -0.2) is 34.1 Å². The number of fused-ring (bicyclic) bond motifs is 1. The van der Waals surface area contributed by atoms with Crippen LogP contribution < -0.4 is 5.32 Å². The van der Waals surface area contributed by atoms with Crippen LogP contribution in [0, 0.1) is 5.92 Å². The number of pyridine rings is 1. The first-order valence-electron chi connectivity index (χ1n) is 10.7. The van der Waals surface area contributed by atoms with Crippen molar-refractivity contribution in [1.82, 2.24) is 14.9 Å². The number of carbonyl (C=O) groups excluding carboxylic acids is 2. The molecule has 0 saturated heterocycles. The first-order chi connectivity index (χ1) is 15.1. The normalized spacial score (nSPS) is 18.5. The number of hydrogen-bond donors (Lipinski definition) is 1. The number of aryl methyl sites for hydroxylation is 1. The largest absolute Gasteiger partial charge is 0.466 e. The molecular weight excluding hydrogens is 390 g/mol. The predicted octanol–water partition coefficient (Wildman–Crippen LogP) is 4.10. The van der Waals surface area contributed by atoms with Crippen LogP contribution >= 0.6 is 0 Å². The summed E-state index contributed by atoms with van der Waals surface area (Å²) in [6, 6.07) is 13.8. The number of rotatable bonds is 6. The van der Waals surface area contributed by atoms with Crippen LogP contribution in [0.5, 0.6) is 0 Å². The van der Waals surface area contributed by atoms with Gasteiger partial charge in [-0.1, -0.05) is 36.8 Å². The maximum Gasteiger partial charge on any atom is 0.311 e. The molecule has 3 aromatic rings. The van der Waals surface area contributed by atoms with Gasteiger partial charge in [-0.25, -0.2) is 4.98 Å². The molecule has 6 nitrogen and oxygen atoms in total. The maximum atomic E-state index is 12.7. The molecule has 6 heteroatoms. The molecule has 160 valence electrons. The summed E-state index contributed by atoms with van der Waals surface area (Å²) >= 11 is 0. The highest BCUT2D eigenvalue weighted by atomic mass is 16.5. The van der Waals surface area contributed by atoms with Gasteiger partial charge in [0, 0.05) is 36.3 Å². The van der Waals surface area contributed by atoms with Gasteiger partial charge in [0.15, 0.2) is 0 Å². The third kappa shape index (κ3) is 4.24. The average molecular weight is 418 g/mol. The number of nitrogens with zero attached hydrogens (tertiary/aromatic N) is 2. The van der Waals surface area contributed by atoms with Crippen LogP contribution in [0.3, 0.4) is 0 Å². The van der Waals surface area contributed by atoms with E-state index in [1.54, 1.807) is 19.2 Å². The lowest BCUT2D eigenvalue weighted by molar-refractivity contribution is -0.148. The molecule has 2 atom stereocenters. The highest BCUT2D eigenvalue weighted by Gasteiger charge is 2.34. The maximum absolute atomic E-state index is 12.7. The lowest BCUT2D eigenvalue weighted by Gasteiger charge is -2.18. The monoisotopic (exact) mass is 417 g/mol. The van der Waals surface area contributed by atoms with Gasteiger partial charge in [-0.05, 0) is 43.5 Å². The number of hydrogen-bond acceptors (Lipinski definition) is 4. The van der Waals surface area contributed by atoms with Crippen molar-refractivity contribution in [2.24, 2.45) is 13.0 Å². The standard InChI is InChI=1S/C25H27N3O3/c1-3-31-25(30)20-11-7-13-21(20)27-22(29)15-14-18-19-12-8-16-26-24(19)28(2)23(18)17-9-5-4-6-10-17/h4-6,8-10,12,14-16,20-21H,3,7,11,13H2,1-2H3,(H,27,29). The highest BCUT2D eigenvalue weighted by Crippen LogP contribution is 2.33. The number of amides is 1. The van der Waals surface area contributed by atoms with Gasteiger partial charge in [0.25, 0.3) is 0 Å². The van der Waals surface area contributed by atoms with Crippen molar-refractivity contribution < 1.29 is 14.3 Å². The molecule has 1 amide bonds. The number of esters is 1. The summed E-state index contributed by atoms with van der Waals surface area (Å²) in [5.74, 6) is -0.694. The Morgan fingerprint density at radius 3 is 2.77 bits per heavy atom. The lowest BCUT2D eigenvalue weighted by atomic mass is 10.0. The molecule has 1 aromatic carbocycles. The van der Waals surface area contributed by atoms with Crippen molar-refractivity contribution >= 4 is 29.0 Å². The molecule has 1 aliphatic rings. The Kier molecular flexibility index (Phi) is 6.16. The molecule has 1 fully saturated rings. The molecule has 2 aromatic heterocycles. The summed E-state index contributed by atoms with van der Waals surface area (Å²) in [5.41, 5.74) is 3.87. The van der Waals surface area contributed by atoms with Crippen molar-refractivity contribution in [2.45, 2.75) is 32.2 Å². The summed E-state index contributed by atoms with van der Waals surface area (Å²) in [6.07, 6.45) is 7.61. The second-order valence-electron chi connectivity index (χ2n) is 7.80. The topological polar surface area (TPSA) is 73.2 Å². The summed E-state index contributed by atoms with van der Waals surface area (Å²) in [4.78, 5) is 29.4. The Bertz CT molecular complexity index is 1120. The van der Waals surface area contributed by atoms with Crippen LogP contribution in [0.4, 0.5) is 0 Å². The molecule has 0 radical (unpaired) electrons. The summed E-state index contributed by atoms with van der Waals surface area (Å²) in [7, 11) is 1.98. The SMILES string of the molecule is CCOC(=O)C1CCCC1NC(=O)C=Cc1c(-c2ccccc2)n(C)c2ncccc12. The minimum atomic E-state index is -0.265. The van der Waals surface area contributed by atoms with Gasteiger partial charge >= 0.3 is 5.97 Å². The zero-order valence-electron chi connectivity index (χ0n) is 17.9. The molecule has 31 heavy (non-hydrogen) atoms. The number of ether oxygens (including phenoxy) is 1. The predicted molar refractivity (Wildman–Crippen MR) is 121 cm³/mol. The third-order valence-electron chi connectivity index (χ3n) is 5.87. The number of benzene rings is 1. The molecule has 1 aliphatic carbocycles. The van der Waals surface area contributed by atoms with Gasteiger partial charge in [-0.3, -0.25) is 9.59 Å². The van der Waals surface area contributed by atoms with Crippen LogP contribution in [0.2, 0.25) is 0 Å². The van der Waals surface area contributed by atoms with E-state index in [0.717, 1.165) is 47.1 Å². The quantitative estimate of drug-likeness (QED) is 0.484. The summed E-state index contributed by atoms with van der Waals surface area (Å²) < 4.78 is 7.22. The zero-order valence-corrected chi connectivity index (χ0v) is 17.9. The van der Waals surface area contributed by atoms with E-state index in [4.69, 9.17) is 4.74 Å². The molecular formula is C25H27N3O3. The number of nitrogens with one attached hydrogen (secondary N) is 1. The van der Waals surface area contributed by atoms with Crippen LogP contribution in [-0.2, 0) is 21.4 Å². The van der Waals surface area contributed by atoms with Crippen molar-refractivity contribution in [1.29, 1.82) is 0 Å². The number of carbonyl (C=O) groups is 2. The Labute approximate surface area is 181 Å². The molecule has 1 N–H and O–H groups in total. The molecule has 0 aliphatic heterocycles. The van der Waals surface area contributed by atoms with E-state index in [1.165, 1.54) is 0 Å². The van der Waals surface area contributed by atoms with Crippen LogP contribution in [0.15, 0.2) is 54.7 Å². The van der Waals surface area contributed by atoms with Gasteiger partial charge in [0.2, 0.25) is 5.91 Å². The highest BCUT2D eigenvalue weighted by molar-refractivity contribution is 6.00. The summed E-state index contributed by atoms with van der Waals surface area (Å²) in [6.45, 7) is 2.15. The minimum Gasteiger partial charge on any atom is -0.466 e. The Morgan fingerprint density at radius 2 is 2.00 bits per heavy atom. The third-order valence-corrected chi connectivity index (χ3v) is 5.87. The molecule has 0 spiro atoms. The van der Waals surface area contributed by atoms with E-state index < -0.39 is 0 Å². The minimum absolute atomic E-state index is 0.182. The fraction of sp³-hybridized carbons (Fsp3) is 0.320. The molecule has 1 saturated carbocycles. The molecule has 0 bridgehead atoms. The molecule has 2 heterocycles. The van der Waals surface area contributed by atoms with E-state index in [0.29, 0.717) is 6.61 Å². The van der Waals surface area contributed by atoms with Crippen molar-refractivity contribution in [3.63, 3.8) is 0 Å². The molecule has 4 rings (SSSR count). The Hall–Kier alpha value is -3.41. The Balaban J connectivity index is 1.61. The fourth-order valence-electron chi connectivity index (χ4n) is 4.46. The average Bonchev–Trinajstić information content (AvgIpc) is 3.35. The van der Waals surface area contributed by atoms with Crippen LogP contribution in [0.1, 0.15) is 31.7 Å². The van der Waals surface area contributed by atoms with Gasteiger partial charge < -0.3 is 14.6 Å². The van der Waals surface area contributed by atoms with Gasteiger partial charge in [0.1, 0.15) is 5.65 Å². The fourth-order valence-corrected chi connectivity index (χ4v) is 4.46.